The Labute approximate surface area is 104 Å². The second-order valence-electron chi connectivity index (χ2n) is 4.88. The first-order chi connectivity index (χ1) is 8.35. The van der Waals surface area contributed by atoms with Gasteiger partial charge in [-0.1, -0.05) is 19.4 Å². The summed E-state index contributed by atoms with van der Waals surface area (Å²) in [6.45, 7) is 4.96. The molecule has 1 unspecified atom stereocenters. The zero-order valence-corrected chi connectivity index (χ0v) is 10.7. The molecule has 1 atom stereocenters. The molecule has 1 aliphatic carbocycles. The third-order valence-corrected chi connectivity index (χ3v) is 3.90. The molecule has 0 saturated heterocycles. The summed E-state index contributed by atoms with van der Waals surface area (Å²) in [5.41, 5.74) is 7.10. The highest BCUT2D eigenvalue weighted by Gasteiger charge is 2.30. The topological polar surface area (TPSA) is 42.2 Å². The standard InChI is InChI=1S/C14H23N3/c1-2-17(11-13-8-3-4-9-16-13)14(10-15)12-6-5-7-12/h3-4,8-9,12,14H,2,5-7,10-11,15H2,1H3. The van der Waals surface area contributed by atoms with E-state index in [9.17, 15) is 0 Å². The van der Waals surface area contributed by atoms with Crippen LogP contribution in [-0.4, -0.2) is 29.0 Å². The van der Waals surface area contributed by atoms with Crippen LogP contribution < -0.4 is 5.73 Å². The van der Waals surface area contributed by atoms with E-state index in [1.54, 1.807) is 0 Å². The van der Waals surface area contributed by atoms with Crippen molar-refractivity contribution < 1.29 is 0 Å². The van der Waals surface area contributed by atoms with Gasteiger partial charge in [0.2, 0.25) is 0 Å². The summed E-state index contributed by atoms with van der Waals surface area (Å²) in [5, 5.41) is 0. The van der Waals surface area contributed by atoms with Gasteiger partial charge >= 0.3 is 0 Å². The fourth-order valence-corrected chi connectivity index (χ4v) is 2.63. The molecular weight excluding hydrogens is 210 g/mol. The molecule has 1 aliphatic rings. The summed E-state index contributed by atoms with van der Waals surface area (Å²) >= 11 is 0. The molecule has 0 bridgehead atoms. The number of hydrogen-bond acceptors (Lipinski definition) is 3. The quantitative estimate of drug-likeness (QED) is 0.817. The highest BCUT2D eigenvalue weighted by molar-refractivity contribution is 5.04. The number of nitrogens with zero attached hydrogens (tertiary/aromatic N) is 2. The Hall–Kier alpha value is -0.930. The molecule has 1 saturated carbocycles. The number of hydrogen-bond donors (Lipinski definition) is 1. The third kappa shape index (κ3) is 3.05. The number of rotatable bonds is 6. The first kappa shape index (κ1) is 12.5. The van der Waals surface area contributed by atoms with Gasteiger partial charge in [-0.2, -0.15) is 0 Å². The summed E-state index contributed by atoms with van der Waals surface area (Å²) < 4.78 is 0. The summed E-state index contributed by atoms with van der Waals surface area (Å²) in [4.78, 5) is 6.88. The Kier molecular flexibility index (Phi) is 4.51. The zero-order chi connectivity index (χ0) is 12.1. The lowest BCUT2D eigenvalue weighted by Crippen LogP contribution is -2.47. The molecule has 0 aliphatic heterocycles. The van der Waals surface area contributed by atoms with Crippen molar-refractivity contribution in [1.82, 2.24) is 9.88 Å². The van der Waals surface area contributed by atoms with Crippen LogP contribution in [0.1, 0.15) is 31.9 Å². The lowest BCUT2D eigenvalue weighted by Gasteiger charge is -2.40. The Morgan fingerprint density at radius 3 is 2.76 bits per heavy atom. The van der Waals surface area contributed by atoms with Crippen molar-refractivity contribution in [2.75, 3.05) is 13.1 Å². The maximum atomic E-state index is 5.95. The van der Waals surface area contributed by atoms with E-state index in [0.717, 1.165) is 31.2 Å². The van der Waals surface area contributed by atoms with Crippen molar-refractivity contribution >= 4 is 0 Å². The predicted molar refractivity (Wildman–Crippen MR) is 70.5 cm³/mol. The second-order valence-corrected chi connectivity index (χ2v) is 4.88. The van der Waals surface area contributed by atoms with Gasteiger partial charge in [-0.15, -0.1) is 0 Å². The fourth-order valence-electron chi connectivity index (χ4n) is 2.63. The molecule has 0 spiro atoms. The van der Waals surface area contributed by atoms with Crippen molar-refractivity contribution in [3.8, 4) is 0 Å². The minimum absolute atomic E-state index is 0.538. The highest BCUT2D eigenvalue weighted by atomic mass is 15.2. The minimum Gasteiger partial charge on any atom is -0.329 e. The fraction of sp³-hybridized carbons (Fsp3) is 0.643. The number of pyridine rings is 1. The summed E-state index contributed by atoms with van der Waals surface area (Å²) in [7, 11) is 0. The SMILES string of the molecule is CCN(Cc1ccccn1)C(CN)C1CCC1. The van der Waals surface area contributed by atoms with Gasteiger partial charge in [-0.05, 0) is 37.4 Å². The van der Waals surface area contributed by atoms with Gasteiger partial charge < -0.3 is 5.73 Å². The van der Waals surface area contributed by atoms with Crippen molar-refractivity contribution in [3.63, 3.8) is 0 Å². The summed E-state index contributed by atoms with van der Waals surface area (Å²) in [6.07, 6.45) is 5.94. The highest BCUT2D eigenvalue weighted by Crippen LogP contribution is 2.32. The maximum Gasteiger partial charge on any atom is 0.0544 e. The smallest absolute Gasteiger partial charge is 0.0544 e. The van der Waals surface area contributed by atoms with Crippen LogP contribution in [0.2, 0.25) is 0 Å². The van der Waals surface area contributed by atoms with E-state index >= 15 is 0 Å². The third-order valence-electron chi connectivity index (χ3n) is 3.90. The second kappa shape index (κ2) is 6.12. The number of nitrogens with two attached hydrogens (primary N) is 1. The van der Waals surface area contributed by atoms with Crippen molar-refractivity contribution in [2.45, 2.75) is 38.8 Å². The molecule has 0 amide bonds. The van der Waals surface area contributed by atoms with Gasteiger partial charge in [-0.3, -0.25) is 9.88 Å². The van der Waals surface area contributed by atoms with E-state index in [0.29, 0.717) is 6.04 Å². The molecular formula is C14H23N3. The van der Waals surface area contributed by atoms with Gasteiger partial charge in [0.25, 0.3) is 0 Å². The van der Waals surface area contributed by atoms with Gasteiger partial charge in [0.1, 0.15) is 0 Å². The average Bonchev–Trinajstić information content (AvgIpc) is 2.32. The molecule has 1 aromatic rings. The Balaban J connectivity index is 1.99. The molecule has 1 heterocycles. The van der Waals surface area contributed by atoms with Crippen molar-refractivity contribution in [2.24, 2.45) is 11.7 Å². The van der Waals surface area contributed by atoms with Crippen molar-refractivity contribution in [1.29, 1.82) is 0 Å². The molecule has 2 N–H and O–H groups in total. The van der Waals surface area contributed by atoms with Gasteiger partial charge in [0, 0.05) is 25.3 Å². The molecule has 1 aromatic heterocycles. The minimum atomic E-state index is 0.538. The number of likely N-dealkylation sites (N-methyl/N-ethyl adjacent to an activating group) is 1. The normalized spacial score (nSPS) is 18.1. The van der Waals surface area contributed by atoms with E-state index in [-0.39, 0.29) is 0 Å². The first-order valence-electron chi connectivity index (χ1n) is 6.69. The van der Waals surface area contributed by atoms with E-state index < -0.39 is 0 Å². The lowest BCUT2D eigenvalue weighted by atomic mass is 9.79. The van der Waals surface area contributed by atoms with Crippen LogP contribution in [0.15, 0.2) is 24.4 Å². The molecule has 1 fully saturated rings. The van der Waals surface area contributed by atoms with Gasteiger partial charge in [-0.25, -0.2) is 0 Å². The Morgan fingerprint density at radius 2 is 2.29 bits per heavy atom. The van der Waals surface area contributed by atoms with E-state index in [4.69, 9.17) is 5.73 Å². The van der Waals surface area contributed by atoms with Gasteiger partial charge in [0.15, 0.2) is 0 Å². The van der Waals surface area contributed by atoms with Crippen LogP contribution in [0.5, 0.6) is 0 Å². The van der Waals surface area contributed by atoms with Crippen molar-refractivity contribution in [3.05, 3.63) is 30.1 Å². The largest absolute Gasteiger partial charge is 0.329 e. The van der Waals surface area contributed by atoms with Crippen LogP contribution in [-0.2, 0) is 6.54 Å². The molecule has 17 heavy (non-hydrogen) atoms. The first-order valence-corrected chi connectivity index (χ1v) is 6.69. The molecule has 94 valence electrons. The molecule has 0 aromatic carbocycles. The molecule has 0 radical (unpaired) electrons. The van der Waals surface area contributed by atoms with E-state index in [1.165, 1.54) is 19.3 Å². The average molecular weight is 233 g/mol. The zero-order valence-electron chi connectivity index (χ0n) is 10.7. The van der Waals surface area contributed by atoms with E-state index in [1.807, 2.05) is 12.3 Å². The van der Waals surface area contributed by atoms with Gasteiger partial charge in [0.05, 0.1) is 5.69 Å². The van der Waals surface area contributed by atoms with Crippen LogP contribution in [0.4, 0.5) is 0 Å². The van der Waals surface area contributed by atoms with Crippen LogP contribution >= 0.6 is 0 Å². The predicted octanol–water partition coefficient (Wildman–Crippen LogP) is 2.03. The van der Waals surface area contributed by atoms with Crippen LogP contribution in [0, 0.1) is 5.92 Å². The molecule has 3 heteroatoms. The van der Waals surface area contributed by atoms with Crippen LogP contribution in [0.25, 0.3) is 0 Å². The Bertz CT molecular complexity index is 321. The monoisotopic (exact) mass is 233 g/mol. The lowest BCUT2D eigenvalue weighted by molar-refractivity contribution is 0.0979. The van der Waals surface area contributed by atoms with Crippen LogP contribution in [0.3, 0.4) is 0 Å². The summed E-state index contributed by atoms with van der Waals surface area (Å²) in [6, 6.07) is 6.65. The van der Waals surface area contributed by atoms with E-state index in [2.05, 4.69) is 28.9 Å². The molecule has 3 nitrogen and oxygen atoms in total. The molecule has 2 rings (SSSR count). The number of aromatic nitrogens is 1. The Morgan fingerprint density at radius 1 is 1.47 bits per heavy atom. The summed E-state index contributed by atoms with van der Waals surface area (Å²) in [5.74, 6) is 0.809. The maximum absolute atomic E-state index is 5.95.